The van der Waals surface area contributed by atoms with Crippen molar-refractivity contribution in [1.82, 2.24) is 0 Å². The lowest BCUT2D eigenvalue weighted by atomic mass is 10.1. The number of carbonyl (C=O) groups is 1. The standard InChI is InChI=1S/C14H14O2S/c15-14(13-8-10-17-11-13)16-9-4-7-12-5-2-1-3-6-12/h1-3,5-6,8,10-11H,4,7,9H2. The molecule has 0 fully saturated rings. The molecule has 0 bridgehead atoms. The van der Waals surface area contributed by atoms with Gasteiger partial charge in [-0.15, -0.1) is 0 Å². The van der Waals surface area contributed by atoms with Gasteiger partial charge in [-0.05, 0) is 29.9 Å². The van der Waals surface area contributed by atoms with Crippen molar-refractivity contribution in [3.05, 3.63) is 58.3 Å². The number of hydrogen-bond donors (Lipinski definition) is 0. The molecule has 0 N–H and O–H groups in total. The fraction of sp³-hybridized carbons (Fsp3) is 0.214. The SMILES string of the molecule is O=C(OCCCc1ccccc1)c1ccsc1. The normalized spacial score (nSPS) is 10.1. The molecule has 0 radical (unpaired) electrons. The van der Waals surface area contributed by atoms with Gasteiger partial charge in [-0.1, -0.05) is 30.3 Å². The zero-order valence-corrected chi connectivity index (χ0v) is 10.3. The number of ether oxygens (including phenoxy) is 1. The van der Waals surface area contributed by atoms with Gasteiger partial charge in [0.1, 0.15) is 0 Å². The summed E-state index contributed by atoms with van der Waals surface area (Å²) in [7, 11) is 0. The third-order valence-corrected chi connectivity index (χ3v) is 3.13. The maximum atomic E-state index is 11.5. The summed E-state index contributed by atoms with van der Waals surface area (Å²) in [6.07, 6.45) is 1.80. The van der Waals surface area contributed by atoms with E-state index in [1.807, 2.05) is 23.6 Å². The molecule has 0 aliphatic carbocycles. The van der Waals surface area contributed by atoms with Gasteiger partial charge < -0.3 is 4.74 Å². The summed E-state index contributed by atoms with van der Waals surface area (Å²) in [6, 6.07) is 12.0. The van der Waals surface area contributed by atoms with E-state index in [1.54, 1.807) is 11.4 Å². The van der Waals surface area contributed by atoms with Crippen molar-refractivity contribution in [2.75, 3.05) is 6.61 Å². The van der Waals surface area contributed by atoms with E-state index < -0.39 is 0 Å². The Balaban J connectivity index is 1.69. The summed E-state index contributed by atoms with van der Waals surface area (Å²) >= 11 is 1.50. The average molecular weight is 246 g/mol. The Labute approximate surface area is 105 Å². The molecule has 2 aromatic rings. The lowest BCUT2D eigenvalue weighted by molar-refractivity contribution is 0.0501. The molecule has 1 aromatic heterocycles. The van der Waals surface area contributed by atoms with Crippen LogP contribution in [0.5, 0.6) is 0 Å². The van der Waals surface area contributed by atoms with Crippen LogP contribution in [0.1, 0.15) is 22.3 Å². The van der Waals surface area contributed by atoms with Crippen LogP contribution in [0.15, 0.2) is 47.2 Å². The lowest BCUT2D eigenvalue weighted by Crippen LogP contribution is -2.05. The Morgan fingerprint density at radius 1 is 1.18 bits per heavy atom. The second-order valence-electron chi connectivity index (χ2n) is 3.74. The Hall–Kier alpha value is -1.61. The largest absolute Gasteiger partial charge is 0.462 e. The van der Waals surface area contributed by atoms with Crippen LogP contribution in [0, 0.1) is 0 Å². The summed E-state index contributed by atoms with van der Waals surface area (Å²) in [5, 5.41) is 3.68. The van der Waals surface area contributed by atoms with E-state index in [9.17, 15) is 4.79 Å². The lowest BCUT2D eigenvalue weighted by Gasteiger charge is -2.03. The van der Waals surface area contributed by atoms with Crippen molar-refractivity contribution in [2.24, 2.45) is 0 Å². The molecule has 0 aliphatic heterocycles. The van der Waals surface area contributed by atoms with Crippen LogP contribution in [-0.2, 0) is 11.2 Å². The molecule has 0 atom stereocenters. The molecular formula is C14H14O2S. The molecule has 0 saturated carbocycles. The molecule has 1 heterocycles. The molecule has 0 spiro atoms. The highest BCUT2D eigenvalue weighted by Gasteiger charge is 2.06. The van der Waals surface area contributed by atoms with Gasteiger partial charge in [0, 0.05) is 5.38 Å². The van der Waals surface area contributed by atoms with Crippen LogP contribution >= 0.6 is 11.3 Å². The fourth-order valence-corrected chi connectivity index (χ4v) is 2.17. The Morgan fingerprint density at radius 2 is 2.00 bits per heavy atom. The van der Waals surface area contributed by atoms with Crippen LogP contribution in [0.4, 0.5) is 0 Å². The number of benzene rings is 1. The maximum Gasteiger partial charge on any atom is 0.338 e. The van der Waals surface area contributed by atoms with E-state index in [4.69, 9.17) is 4.74 Å². The minimum Gasteiger partial charge on any atom is -0.462 e. The third kappa shape index (κ3) is 3.71. The molecule has 88 valence electrons. The van der Waals surface area contributed by atoms with E-state index in [-0.39, 0.29) is 5.97 Å². The van der Waals surface area contributed by atoms with Crippen molar-refractivity contribution >= 4 is 17.3 Å². The number of carbonyl (C=O) groups excluding carboxylic acids is 1. The number of thiophene rings is 1. The van der Waals surface area contributed by atoms with Gasteiger partial charge in [0.2, 0.25) is 0 Å². The first kappa shape index (κ1) is 11.9. The molecule has 0 saturated heterocycles. The molecule has 0 amide bonds. The van der Waals surface area contributed by atoms with Gasteiger partial charge in [-0.2, -0.15) is 11.3 Å². The smallest absolute Gasteiger partial charge is 0.338 e. The quantitative estimate of drug-likeness (QED) is 0.596. The van der Waals surface area contributed by atoms with E-state index in [1.165, 1.54) is 16.9 Å². The molecule has 2 rings (SSSR count). The Kier molecular flexibility index (Phi) is 4.33. The summed E-state index contributed by atoms with van der Waals surface area (Å²) in [4.78, 5) is 11.5. The van der Waals surface area contributed by atoms with Crippen molar-refractivity contribution in [3.8, 4) is 0 Å². The summed E-state index contributed by atoms with van der Waals surface area (Å²) in [6.45, 7) is 0.476. The molecule has 2 nitrogen and oxygen atoms in total. The highest BCUT2D eigenvalue weighted by atomic mass is 32.1. The zero-order chi connectivity index (χ0) is 11.9. The minimum atomic E-state index is -0.223. The van der Waals surface area contributed by atoms with Crippen LogP contribution in [-0.4, -0.2) is 12.6 Å². The maximum absolute atomic E-state index is 11.5. The summed E-state index contributed by atoms with van der Waals surface area (Å²) < 4.78 is 5.18. The van der Waals surface area contributed by atoms with E-state index in [2.05, 4.69) is 12.1 Å². The van der Waals surface area contributed by atoms with Gasteiger partial charge in [-0.25, -0.2) is 4.79 Å². The molecular weight excluding hydrogens is 232 g/mol. The minimum absolute atomic E-state index is 0.223. The number of esters is 1. The molecule has 17 heavy (non-hydrogen) atoms. The van der Waals surface area contributed by atoms with Crippen molar-refractivity contribution in [1.29, 1.82) is 0 Å². The van der Waals surface area contributed by atoms with E-state index >= 15 is 0 Å². The highest BCUT2D eigenvalue weighted by Crippen LogP contribution is 2.08. The Bertz CT molecular complexity index is 448. The van der Waals surface area contributed by atoms with Gasteiger partial charge in [0.15, 0.2) is 0 Å². The number of hydrogen-bond acceptors (Lipinski definition) is 3. The van der Waals surface area contributed by atoms with E-state index in [0.29, 0.717) is 12.2 Å². The van der Waals surface area contributed by atoms with Crippen LogP contribution in [0.2, 0.25) is 0 Å². The van der Waals surface area contributed by atoms with E-state index in [0.717, 1.165) is 12.8 Å². The van der Waals surface area contributed by atoms with Crippen molar-refractivity contribution in [2.45, 2.75) is 12.8 Å². The number of rotatable bonds is 5. The Morgan fingerprint density at radius 3 is 2.71 bits per heavy atom. The second kappa shape index (κ2) is 6.21. The van der Waals surface area contributed by atoms with Crippen molar-refractivity contribution < 1.29 is 9.53 Å². The van der Waals surface area contributed by atoms with Gasteiger partial charge in [0.25, 0.3) is 0 Å². The third-order valence-electron chi connectivity index (χ3n) is 2.44. The molecule has 1 aromatic carbocycles. The highest BCUT2D eigenvalue weighted by molar-refractivity contribution is 7.08. The van der Waals surface area contributed by atoms with Crippen LogP contribution < -0.4 is 0 Å². The monoisotopic (exact) mass is 246 g/mol. The fourth-order valence-electron chi connectivity index (χ4n) is 1.55. The van der Waals surface area contributed by atoms with Crippen molar-refractivity contribution in [3.63, 3.8) is 0 Å². The average Bonchev–Trinajstić information content (AvgIpc) is 2.89. The topological polar surface area (TPSA) is 26.3 Å². The molecule has 3 heteroatoms. The number of aryl methyl sites for hydroxylation is 1. The summed E-state index contributed by atoms with van der Waals surface area (Å²) in [5.74, 6) is -0.223. The van der Waals surface area contributed by atoms with Gasteiger partial charge in [0.05, 0.1) is 12.2 Å². The second-order valence-corrected chi connectivity index (χ2v) is 4.52. The van der Waals surface area contributed by atoms with Crippen LogP contribution in [0.3, 0.4) is 0 Å². The van der Waals surface area contributed by atoms with Gasteiger partial charge >= 0.3 is 5.97 Å². The van der Waals surface area contributed by atoms with Crippen LogP contribution in [0.25, 0.3) is 0 Å². The first-order valence-electron chi connectivity index (χ1n) is 5.59. The zero-order valence-electron chi connectivity index (χ0n) is 9.46. The predicted octanol–water partition coefficient (Wildman–Crippen LogP) is 3.54. The molecule has 0 aliphatic rings. The first-order chi connectivity index (χ1) is 8.36. The molecule has 0 unspecified atom stereocenters. The summed E-state index contributed by atoms with van der Waals surface area (Å²) in [5.41, 5.74) is 1.92. The van der Waals surface area contributed by atoms with Gasteiger partial charge in [-0.3, -0.25) is 0 Å². The predicted molar refractivity (Wildman–Crippen MR) is 69.4 cm³/mol. The first-order valence-corrected chi connectivity index (χ1v) is 6.54.